The Morgan fingerprint density at radius 3 is 3.00 bits per heavy atom. The summed E-state index contributed by atoms with van der Waals surface area (Å²) in [6, 6.07) is 3.52. The van der Waals surface area contributed by atoms with Gasteiger partial charge in [-0.25, -0.2) is 9.98 Å². The van der Waals surface area contributed by atoms with Gasteiger partial charge in [-0.05, 0) is 6.07 Å². The molecule has 1 aliphatic heterocycles. The maximum absolute atomic E-state index is 8.36. The smallest absolute Gasteiger partial charge is 0.213 e. The maximum Gasteiger partial charge on any atom is 0.213 e. The number of aliphatic imine (C=N–C) groups is 1. The van der Waals surface area contributed by atoms with Crippen LogP contribution < -0.4 is 10.2 Å². The van der Waals surface area contributed by atoms with Crippen LogP contribution >= 0.6 is 0 Å². The molecule has 0 radical (unpaired) electrons. The minimum absolute atomic E-state index is 0.573. The van der Waals surface area contributed by atoms with E-state index in [-0.39, 0.29) is 0 Å². The van der Waals surface area contributed by atoms with Crippen molar-refractivity contribution in [2.24, 2.45) is 4.99 Å². The van der Waals surface area contributed by atoms with E-state index < -0.39 is 0 Å². The van der Waals surface area contributed by atoms with E-state index in [1.54, 1.807) is 18.3 Å². The van der Waals surface area contributed by atoms with Gasteiger partial charge in [-0.3, -0.25) is 15.6 Å². The molecule has 2 rings (SSSR count). The van der Waals surface area contributed by atoms with E-state index in [1.807, 2.05) is 5.48 Å². The highest BCUT2D eigenvalue weighted by Gasteiger charge is 2.09. The van der Waals surface area contributed by atoms with Gasteiger partial charge in [0, 0.05) is 25.7 Å². The Hall–Kier alpha value is -1.70. The third-order valence-corrected chi connectivity index (χ3v) is 2.75. The highest BCUT2D eigenvalue weighted by Crippen LogP contribution is 2.13. The third kappa shape index (κ3) is 4.82. The van der Waals surface area contributed by atoms with Crippen LogP contribution in [0.25, 0.3) is 0 Å². The summed E-state index contributed by atoms with van der Waals surface area (Å²) >= 11 is 0. The molecule has 0 aliphatic carbocycles. The Morgan fingerprint density at radius 2 is 2.32 bits per heavy atom. The molecule has 0 aromatic carbocycles. The van der Waals surface area contributed by atoms with Gasteiger partial charge in [0.1, 0.15) is 12.9 Å². The molecule has 19 heavy (non-hydrogen) atoms. The fourth-order valence-corrected chi connectivity index (χ4v) is 1.74. The number of ether oxygens (including phenoxy) is 2. The molecule has 0 spiro atoms. The molecule has 2 N–H and O–H groups in total. The lowest BCUT2D eigenvalue weighted by Crippen LogP contribution is -2.38. The minimum atomic E-state index is 0.573. The summed E-state index contributed by atoms with van der Waals surface area (Å²) in [6.07, 6.45) is 2.76. The summed E-state index contributed by atoms with van der Waals surface area (Å²) < 4.78 is 10.8. The molecule has 1 aromatic heterocycles. The second-order valence-electron chi connectivity index (χ2n) is 4.04. The van der Waals surface area contributed by atoms with Crippen LogP contribution in [0, 0.1) is 0 Å². The Balaban J connectivity index is 1.71. The Morgan fingerprint density at radius 1 is 1.47 bits per heavy atom. The molecule has 0 bridgehead atoms. The number of hydrogen-bond donors (Lipinski definition) is 2. The average molecular weight is 266 g/mol. The van der Waals surface area contributed by atoms with Gasteiger partial charge in [0.05, 0.1) is 25.1 Å². The van der Waals surface area contributed by atoms with Crippen molar-refractivity contribution >= 4 is 12.0 Å². The van der Waals surface area contributed by atoms with E-state index in [4.69, 9.17) is 14.7 Å². The SMILES string of the molecule is ONC=Nc1ccc(OCCN2CCOCC2)nc1. The van der Waals surface area contributed by atoms with E-state index in [0.29, 0.717) is 18.2 Å². The van der Waals surface area contributed by atoms with Gasteiger partial charge in [0.25, 0.3) is 0 Å². The van der Waals surface area contributed by atoms with Gasteiger partial charge in [-0.2, -0.15) is 0 Å². The predicted octanol–water partition coefficient (Wildman–Crippen LogP) is 0.431. The summed E-state index contributed by atoms with van der Waals surface area (Å²) in [6.45, 7) is 4.98. The molecule has 0 saturated carbocycles. The number of rotatable bonds is 6. The fraction of sp³-hybridized carbons (Fsp3) is 0.500. The molecule has 2 heterocycles. The highest BCUT2D eigenvalue weighted by atomic mass is 16.5. The zero-order valence-electron chi connectivity index (χ0n) is 10.7. The summed E-state index contributed by atoms with van der Waals surface area (Å²) in [4.78, 5) is 10.3. The Labute approximate surface area is 111 Å². The van der Waals surface area contributed by atoms with Crippen LogP contribution in [-0.4, -0.2) is 60.9 Å². The number of pyridine rings is 1. The normalized spacial score (nSPS) is 16.7. The number of aromatic nitrogens is 1. The summed E-state index contributed by atoms with van der Waals surface area (Å²) in [5.74, 6) is 0.573. The molecule has 0 unspecified atom stereocenters. The monoisotopic (exact) mass is 266 g/mol. The minimum Gasteiger partial charge on any atom is -0.476 e. The molecule has 7 heteroatoms. The van der Waals surface area contributed by atoms with Crippen molar-refractivity contribution in [3.8, 4) is 5.88 Å². The van der Waals surface area contributed by atoms with Crippen LogP contribution in [0.5, 0.6) is 5.88 Å². The molecule has 104 valence electrons. The molecule has 1 aliphatic rings. The Kier molecular flexibility index (Phi) is 5.54. The number of nitrogens with one attached hydrogen (secondary N) is 1. The van der Waals surface area contributed by atoms with E-state index in [1.165, 1.54) is 6.34 Å². The second-order valence-corrected chi connectivity index (χ2v) is 4.04. The third-order valence-electron chi connectivity index (χ3n) is 2.75. The second kappa shape index (κ2) is 7.67. The van der Waals surface area contributed by atoms with Gasteiger partial charge in [-0.1, -0.05) is 0 Å². The number of hydroxylamine groups is 1. The Bertz CT molecular complexity index is 390. The maximum atomic E-state index is 8.36. The van der Waals surface area contributed by atoms with Crippen molar-refractivity contribution in [3.63, 3.8) is 0 Å². The van der Waals surface area contributed by atoms with Crippen molar-refractivity contribution in [2.75, 3.05) is 39.5 Å². The first-order chi connectivity index (χ1) is 9.38. The molecule has 1 aromatic rings. The zero-order valence-corrected chi connectivity index (χ0v) is 10.7. The average Bonchev–Trinajstić information content (AvgIpc) is 2.47. The van der Waals surface area contributed by atoms with E-state index in [0.717, 1.165) is 32.8 Å². The van der Waals surface area contributed by atoms with Crippen molar-refractivity contribution < 1.29 is 14.7 Å². The van der Waals surface area contributed by atoms with Crippen LogP contribution in [-0.2, 0) is 4.74 Å². The lowest BCUT2D eigenvalue weighted by Gasteiger charge is -2.26. The fourth-order valence-electron chi connectivity index (χ4n) is 1.74. The number of hydrogen-bond acceptors (Lipinski definition) is 6. The molecular formula is C12H18N4O3. The highest BCUT2D eigenvalue weighted by molar-refractivity contribution is 5.59. The van der Waals surface area contributed by atoms with E-state index in [2.05, 4.69) is 14.9 Å². The van der Waals surface area contributed by atoms with Crippen LogP contribution in [0.4, 0.5) is 5.69 Å². The first-order valence-electron chi connectivity index (χ1n) is 6.19. The van der Waals surface area contributed by atoms with Crippen molar-refractivity contribution in [2.45, 2.75) is 0 Å². The number of morpholine rings is 1. The lowest BCUT2D eigenvalue weighted by atomic mass is 10.4. The van der Waals surface area contributed by atoms with Gasteiger partial charge < -0.3 is 9.47 Å². The largest absolute Gasteiger partial charge is 0.476 e. The van der Waals surface area contributed by atoms with Crippen LogP contribution in [0.3, 0.4) is 0 Å². The quantitative estimate of drug-likeness (QED) is 0.441. The van der Waals surface area contributed by atoms with Gasteiger partial charge >= 0.3 is 0 Å². The van der Waals surface area contributed by atoms with Crippen molar-refractivity contribution in [3.05, 3.63) is 18.3 Å². The lowest BCUT2D eigenvalue weighted by molar-refractivity contribution is 0.0320. The van der Waals surface area contributed by atoms with Gasteiger partial charge in [0.2, 0.25) is 5.88 Å². The summed E-state index contributed by atoms with van der Waals surface area (Å²) in [7, 11) is 0. The van der Waals surface area contributed by atoms with Gasteiger partial charge in [0.15, 0.2) is 0 Å². The van der Waals surface area contributed by atoms with E-state index >= 15 is 0 Å². The topological polar surface area (TPSA) is 79.2 Å². The summed E-state index contributed by atoms with van der Waals surface area (Å²) in [5.41, 5.74) is 2.48. The van der Waals surface area contributed by atoms with Crippen LogP contribution in [0.15, 0.2) is 23.3 Å². The first kappa shape index (κ1) is 13.7. The first-order valence-corrected chi connectivity index (χ1v) is 6.19. The molecular weight excluding hydrogens is 248 g/mol. The molecule has 0 amide bonds. The molecule has 1 fully saturated rings. The molecule has 7 nitrogen and oxygen atoms in total. The molecule has 0 atom stereocenters. The summed E-state index contributed by atoms with van der Waals surface area (Å²) in [5, 5.41) is 8.36. The van der Waals surface area contributed by atoms with Crippen LogP contribution in [0.1, 0.15) is 0 Å². The standard InChI is InChI=1S/C12H18N4O3/c17-15-10-14-11-1-2-12(13-9-11)19-8-5-16-3-6-18-7-4-16/h1-2,9-10,17H,3-8H2,(H,14,15). The van der Waals surface area contributed by atoms with Gasteiger partial charge in [-0.15, -0.1) is 0 Å². The van der Waals surface area contributed by atoms with Crippen molar-refractivity contribution in [1.82, 2.24) is 15.4 Å². The molecule has 1 saturated heterocycles. The van der Waals surface area contributed by atoms with E-state index in [9.17, 15) is 0 Å². The zero-order chi connectivity index (χ0) is 13.3. The predicted molar refractivity (Wildman–Crippen MR) is 70.1 cm³/mol. The van der Waals surface area contributed by atoms with Crippen LogP contribution in [0.2, 0.25) is 0 Å². The van der Waals surface area contributed by atoms with Crippen molar-refractivity contribution in [1.29, 1.82) is 0 Å². The number of nitrogens with zero attached hydrogens (tertiary/aromatic N) is 3.